The summed E-state index contributed by atoms with van der Waals surface area (Å²) in [6.45, 7) is 36.6. The van der Waals surface area contributed by atoms with Gasteiger partial charge in [0, 0.05) is 21.5 Å². The van der Waals surface area contributed by atoms with E-state index in [-0.39, 0.29) is 50.3 Å². The molecule has 2 atom stereocenters. The van der Waals surface area contributed by atoms with Crippen LogP contribution >= 0.6 is 0 Å². The van der Waals surface area contributed by atoms with E-state index in [2.05, 4.69) is 214 Å². The number of aromatic nitrogens is 5. The summed E-state index contributed by atoms with van der Waals surface area (Å²) in [6, 6.07) is 38.1. The van der Waals surface area contributed by atoms with Crippen LogP contribution in [0, 0.1) is 23.7 Å². The Labute approximate surface area is 562 Å². The maximum atomic E-state index is 15.4. The zero-order valence-corrected chi connectivity index (χ0v) is 58.9. The van der Waals surface area contributed by atoms with E-state index in [9.17, 15) is 0 Å². The fourth-order valence-electron chi connectivity index (χ4n) is 16.3. The van der Waals surface area contributed by atoms with Crippen molar-refractivity contribution >= 4 is 131 Å². The Hall–Kier alpha value is -7.93. The maximum absolute atomic E-state index is 15.4. The van der Waals surface area contributed by atoms with Crippen molar-refractivity contribution in [3.8, 4) is 16.8 Å². The minimum absolute atomic E-state index is 0. The zero-order chi connectivity index (χ0) is 65.2. The van der Waals surface area contributed by atoms with E-state index in [1.54, 1.807) is 0 Å². The Kier molecular flexibility index (Phi) is 15.6. The summed E-state index contributed by atoms with van der Waals surface area (Å²) in [5, 5.41) is 16.3. The molecule has 0 aliphatic carbocycles. The van der Waals surface area contributed by atoms with Crippen LogP contribution in [0.1, 0.15) is 206 Å². The molecule has 94 heavy (non-hydrogen) atoms. The van der Waals surface area contributed by atoms with Crippen LogP contribution in [0.4, 0.5) is 0 Å². The first-order chi connectivity index (χ1) is 44.3. The smallest absolute Gasteiger partial charge is 0.657 e. The van der Waals surface area contributed by atoms with Gasteiger partial charge >= 0.3 is 16.5 Å². The third kappa shape index (κ3) is 10.2. The van der Waals surface area contributed by atoms with Crippen molar-refractivity contribution in [2.45, 2.75) is 185 Å². The molecule has 2 unspecified atom stereocenters. The summed E-state index contributed by atoms with van der Waals surface area (Å²) in [6.07, 6.45) is 13.1. The van der Waals surface area contributed by atoms with Crippen LogP contribution in [0.15, 0.2) is 113 Å². The average Bonchev–Trinajstić information content (AvgIpc) is 1.34. The van der Waals surface area contributed by atoms with Gasteiger partial charge < -0.3 is 9.97 Å². The monoisotopic (exact) mass is 1280 g/mol. The van der Waals surface area contributed by atoms with E-state index in [0.717, 1.165) is 168 Å². The van der Waals surface area contributed by atoms with Gasteiger partial charge in [0.2, 0.25) is 0 Å². The number of nitrogens with zero attached hydrogens (tertiary/aromatic N) is 5. The van der Waals surface area contributed by atoms with E-state index < -0.39 is 0 Å². The first-order valence-electron chi connectivity index (χ1n) is 34.9. The molecule has 1 aliphatic heterocycles. The van der Waals surface area contributed by atoms with Gasteiger partial charge in [-0.2, -0.15) is 0 Å². The summed E-state index contributed by atoms with van der Waals surface area (Å²) < 4.78 is 1.49. The minimum atomic E-state index is -0.275. The summed E-state index contributed by atoms with van der Waals surface area (Å²) >= 11 is 0. The fraction of sp³-hybridized carbons (Fsp3) is 0.372. The van der Waals surface area contributed by atoms with E-state index >= 15 is 9.59 Å². The minimum Gasteiger partial charge on any atom is -0.657 e. The molecule has 0 N–H and O–H groups in total. The molecule has 0 saturated heterocycles. The second-order valence-corrected chi connectivity index (χ2v) is 31.9. The van der Waals surface area contributed by atoms with E-state index in [0.29, 0.717) is 34.4 Å². The normalized spacial score (nSPS) is 13.9. The average molecular weight is 1280 g/mol. The molecule has 14 aromatic rings. The van der Waals surface area contributed by atoms with Crippen LogP contribution in [-0.4, -0.2) is 14.5 Å². The zero-order valence-electron chi connectivity index (χ0n) is 58.0. The van der Waals surface area contributed by atoms with Crippen molar-refractivity contribution in [3.63, 3.8) is 0 Å². The van der Waals surface area contributed by atoms with Gasteiger partial charge in [-0.1, -0.05) is 228 Å². The first-order valence-corrected chi connectivity index (χ1v) is 34.9. The van der Waals surface area contributed by atoms with E-state index in [4.69, 9.17) is 19.9 Å². The van der Waals surface area contributed by atoms with Gasteiger partial charge in [0.15, 0.2) is 0 Å². The Morgan fingerprint density at radius 1 is 0.447 bits per heavy atom. The molecule has 0 spiro atoms. The van der Waals surface area contributed by atoms with Gasteiger partial charge in [-0.25, -0.2) is 14.5 Å². The van der Waals surface area contributed by atoms with Gasteiger partial charge in [0.25, 0.3) is 11.1 Å². The van der Waals surface area contributed by atoms with Crippen LogP contribution in [0.5, 0.6) is 0 Å². The summed E-state index contributed by atoms with van der Waals surface area (Å²) in [7, 11) is 0. The largest absolute Gasteiger partial charge is 2.00 e. The molecular weight excluding hydrogens is 1190 g/mol. The molecule has 5 aromatic heterocycles. The molecule has 15 rings (SSSR count). The number of rotatable bonds is 16. The molecule has 1 aliphatic rings. The van der Waals surface area contributed by atoms with Gasteiger partial charge in [0.1, 0.15) is 0 Å². The molecule has 6 heterocycles. The van der Waals surface area contributed by atoms with Crippen LogP contribution in [0.2, 0.25) is 0 Å². The van der Waals surface area contributed by atoms with Crippen molar-refractivity contribution < 1.29 is 16.5 Å². The van der Waals surface area contributed by atoms with Crippen molar-refractivity contribution in [1.29, 1.82) is 0 Å². The van der Waals surface area contributed by atoms with E-state index in [1.165, 1.54) is 57.5 Å². The second kappa shape index (κ2) is 23.2. The Morgan fingerprint density at radius 2 is 0.947 bits per heavy atom. The second-order valence-electron chi connectivity index (χ2n) is 31.9. The number of hydrogen-bond donors (Lipinski definition) is 0. The first kappa shape index (κ1) is 63.5. The molecule has 7 nitrogen and oxygen atoms in total. The topological polar surface area (TPSA) is 93.0 Å². The van der Waals surface area contributed by atoms with Gasteiger partial charge in [0.05, 0.1) is 28.1 Å². The standard InChI is InChI=1S/C86H91N5O2.Ni/c1-44(2)20-17-22-48(9)36-65-67-32-34-69(87-67)73(50-38-51(85(11,12)13)40-52(39-50)86(14,15)16)70-35-33-68(88-70)66(37-49(10)23-18-21-45(3)4)72-43-64-62-41-61-57-29-31-60-76-59(83(92)91(84(60)93)82-53(46(5)6)24-19-25-54(82)47(7)8)30-28-55(74(57)76)56-26-27-58-63-42-71(65)89-80(63)79(81(64)90-72)78(62)77(58)75(56)61;/h19,24-35,38-49H,17-18,20-23,36-37H2,1-16H3,(H2,87,88,89,90,92,93);/q;+2/p-2. The van der Waals surface area contributed by atoms with Crippen molar-refractivity contribution in [2.24, 2.45) is 23.7 Å². The predicted molar refractivity (Wildman–Crippen MR) is 399 cm³/mol. The van der Waals surface area contributed by atoms with Crippen LogP contribution in [-0.2, 0) is 40.2 Å². The Bertz CT molecular complexity index is 5490. The third-order valence-corrected chi connectivity index (χ3v) is 21.3. The van der Waals surface area contributed by atoms with Crippen LogP contribution < -0.4 is 21.1 Å². The fourth-order valence-corrected chi connectivity index (χ4v) is 16.3. The van der Waals surface area contributed by atoms with E-state index in [1.807, 2.05) is 12.1 Å². The Morgan fingerprint density at radius 3 is 1.52 bits per heavy atom. The SMILES string of the molecule is CC(C)CCCC(C)Cc1c2nc(c(-c3cc(C(C)(C)C)cc(C(C)(C)C)c3)c3ccc([n-]3)c(CC(C)CCCC(C)C)c3cc4c5cc6c7ccc8c(=O)n(-c9c(C(C)C)cccc9C(C)C)c(=O)c9ccc(c%10ccc%11c%12cc1[n-]c%12c(c4n3)c5c%11c%106)c7c98)C=C2.[Ni+2]. The number of fused-ring (bicyclic) bond motifs is 10. The molecule has 0 saturated carbocycles. The number of para-hydroxylation sites is 1. The molecule has 8 bridgehead atoms. The third-order valence-electron chi connectivity index (χ3n) is 21.3. The van der Waals surface area contributed by atoms with Gasteiger partial charge in [-0.15, -0.1) is 22.1 Å². The molecule has 0 radical (unpaired) electrons. The van der Waals surface area contributed by atoms with Crippen molar-refractivity contribution in [3.05, 3.63) is 169 Å². The number of benzene rings is 8. The molecular formula is C86H89N5NiO2. The summed E-state index contributed by atoms with van der Waals surface area (Å²) in [5.41, 5.74) is 16.6. The molecule has 0 fully saturated rings. The van der Waals surface area contributed by atoms with Crippen molar-refractivity contribution in [1.82, 2.24) is 24.5 Å². The number of pyridine rings is 1. The summed E-state index contributed by atoms with van der Waals surface area (Å²) in [5.74, 6) is 2.23. The van der Waals surface area contributed by atoms with Crippen molar-refractivity contribution in [2.75, 3.05) is 0 Å². The molecule has 9 aromatic carbocycles. The predicted octanol–water partition coefficient (Wildman–Crippen LogP) is 22.5. The summed E-state index contributed by atoms with van der Waals surface area (Å²) in [4.78, 5) is 54.4. The molecule has 0 amide bonds. The van der Waals surface area contributed by atoms with Gasteiger partial charge in [-0.3, -0.25) is 9.59 Å². The Balaban J connectivity index is 0.00000763. The molecule has 480 valence electrons. The van der Waals surface area contributed by atoms with Gasteiger partial charge in [-0.05, 0) is 205 Å². The van der Waals surface area contributed by atoms with Crippen LogP contribution in [0.3, 0.4) is 0 Å². The number of hydrogen-bond acceptors (Lipinski definition) is 4. The quantitative estimate of drug-likeness (QED) is 0.0544. The maximum Gasteiger partial charge on any atom is 2.00 e. The van der Waals surface area contributed by atoms with Crippen LogP contribution in [0.25, 0.3) is 148 Å². The molecule has 8 heteroatoms.